The van der Waals surface area contributed by atoms with E-state index in [1.165, 1.54) is 0 Å². The summed E-state index contributed by atoms with van der Waals surface area (Å²) in [5.74, 6) is 0. The minimum absolute atomic E-state index is 0. The molecule has 9 N–H and O–H groups in total. The lowest BCUT2D eigenvalue weighted by molar-refractivity contribution is 0.368. The third-order valence-electron chi connectivity index (χ3n) is 0. The van der Waals surface area contributed by atoms with E-state index in [0.717, 1.165) is 0 Å². The van der Waals surface area contributed by atoms with Crippen LogP contribution >= 0.6 is 8.60 Å². The first-order chi connectivity index (χ1) is 1.73. The van der Waals surface area contributed by atoms with Crippen molar-refractivity contribution in [1.82, 2.24) is 0 Å². The van der Waals surface area contributed by atoms with Gasteiger partial charge in [0.15, 0.2) is 0 Å². The lowest BCUT2D eigenvalue weighted by Gasteiger charge is -1.76. The molecule has 0 unspecified atom stereocenters. The summed E-state index contributed by atoms with van der Waals surface area (Å²) in [7, 11) is -2.62. The largest absolute Gasteiger partial charge is 0.412 e. The molecule has 54 valence electrons. The highest BCUT2D eigenvalue weighted by molar-refractivity contribution is 7.38. The van der Waals surface area contributed by atoms with Crippen LogP contribution in [0.25, 0.3) is 0 Å². The molecule has 0 aromatic carbocycles. The summed E-state index contributed by atoms with van der Waals surface area (Å²) in [4.78, 5) is 21.7. The summed E-state index contributed by atoms with van der Waals surface area (Å²) in [6.45, 7) is 0. The molecule has 0 aromatic heterocycles. The maximum absolute atomic E-state index is 7.23. The molecule has 0 radical (unpaired) electrons. The van der Waals surface area contributed by atoms with E-state index in [1.807, 2.05) is 0 Å². The Morgan fingerprint density at radius 3 is 0.750 bits per heavy atom. The van der Waals surface area contributed by atoms with Crippen molar-refractivity contribution in [2.45, 2.75) is 0 Å². The van der Waals surface area contributed by atoms with Crippen LogP contribution in [0.3, 0.4) is 0 Å². The van der Waals surface area contributed by atoms with Crippen LogP contribution < -0.4 is 0 Å². The van der Waals surface area contributed by atoms with E-state index >= 15 is 0 Å². The fourth-order valence-electron chi connectivity index (χ4n) is 0. The summed E-state index contributed by atoms with van der Waals surface area (Å²) >= 11 is 0. The lowest BCUT2D eigenvalue weighted by atomic mass is 15.8. The highest BCUT2D eigenvalue weighted by atomic mass is 31.2. The molecule has 0 saturated carbocycles. The molecule has 0 atom stereocenters. The van der Waals surface area contributed by atoms with Gasteiger partial charge in [0.2, 0.25) is 0 Å². The van der Waals surface area contributed by atoms with E-state index in [2.05, 4.69) is 0 Å². The van der Waals surface area contributed by atoms with E-state index in [9.17, 15) is 0 Å². The van der Waals surface area contributed by atoms with Crippen LogP contribution in [0.5, 0.6) is 0 Å². The Morgan fingerprint density at radius 1 is 0.750 bits per heavy atom. The first kappa shape index (κ1) is 36.2. The zero-order valence-corrected chi connectivity index (χ0v) is 4.18. The standard InChI is InChI=1S/Mg.H3O3P.3H2O.2H/c;1-4(2)3;;;;;/h;1-3H;3*1H2;;. The molecule has 0 aliphatic carbocycles. The van der Waals surface area contributed by atoms with Crippen molar-refractivity contribution >= 4 is 31.7 Å². The smallest absolute Gasteiger partial charge is 0.324 e. The van der Waals surface area contributed by atoms with Crippen molar-refractivity contribution in [2.24, 2.45) is 0 Å². The van der Waals surface area contributed by atoms with Crippen molar-refractivity contribution in [3.05, 3.63) is 0 Å². The molecule has 0 aliphatic heterocycles. The van der Waals surface area contributed by atoms with Gasteiger partial charge in [-0.25, -0.2) is 0 Å². The average Bonchev–Trinajstić information content (AvgIpc) is 0.811. The zero-order valence-electron chi connectivity index (χ0n) is 3.29. The first-order valence-corrected chi connectivity index (χ1v) is 1.80. The average molecular weight is 162 g/mol. The molecule has 0 spiro atoms. The topological polar surface area (TPSA) is 155 Å². The lowest BCUT2D eigenvalue weighted by Crippen LogP contribution is -1.54. The fourth-order valence-corrected chi connectivity index (χ4v) is 0. The third-order valence-corrected chi connectivity index (χ3v) is 0. The molecular weight excluding hydrogens is 151 g/mol. The molecule has 0 saturated heterocycles. The van der Waals surface area contributed by atoms with E-state index in [-0.39, 0.29) is 39.5 Å². The number of rotatable bonds is 0. The number of hydrogen-bond acceptors (Lipinski definition) is 3. The van der Waals surface area contributed by atoms with E-state index in [4.69, 9.17) is 14.7 Å². The Labute approximate surface area is 63.2 Å². The van der Waals surface area contributed by atoms with Gasteiger partial charge in [-0.1, -0.05) is 0 Å². The second kappa shape index (κ2) is 24.6. The van der Waals surface area contributed by atoms with Crippen LogP contribution in [0.15, 0.2) is 0 Å². The predicted octanol–water partition coefficient (Wildman–Crippen LogP) is -4.20. The van der Waals surface area contributed by atoms with Crippen LogP contribution in [0.2, 0.25) is 0 Å². The van der Waals surface area contributed by atoms with Crippen molar-refractivity contribution in [3.8, 4) is 0 Å². The van der Waals surface area contributed by atoms with E-state index in [0.29, 0.717) is 0 Å². The van der Waals surface area contributed by atoms with Crippen LogP contribution in [0, 0.1) is 0 Å². The summed E-state index contributed by atoms with van der Waals surface area (Å²) in [5.41, 5.74) is 0. The molecule has 0 amide bonds. The van der Waals surface area contributed by atoms with Crippen LogP contribution in [-0.2, 0) is 0 Å². The van der Waals surface area contributed by atoms with Crippen molar-refractivity contribution < 1.29 is 31.1 Å². The minimum Gasteiger partial charge on any atom is -0.412 e. The molecule has 0 rings (SSSR count). The fraction of sp³-hybridized carbons (Fsp3) is 0. The Balaban J connectivity index is -0.00000000750. The molecule has 0 bridgehead atoms. The van der Waals surface area contributed by atoms with Gasteiger partial charge in [-0.15, -0.1) is 0 Å². The zero-order chi connectivity index (χ0) is 3.58. The van der Waals surface area contributed by atoms with Crippen molar-refractivity contribution in [2.75, 3.05) is 0 Å². The van der Waals surface area contributed by atoms with Gasteiger partial charge in [0.1, 0.15) is 0 Å². The number of hydrogen-bond donors (Lipinski definition) is 3. The van der Waals surface area contributed by atoms with Crippen molar-refractivity contribution in [3.63, 3.8) is 0 Å². The summed E-state index contributed by atoms with van der Waals surface area (Å²) in [5, 5.41) is 0. The quantitative estimate of drug-likeness (QED) is 0.244. The van der Waals surface area contributed by atoms with Crippen molar-refractivity contribution in [1.29, 1.82) is 0 Å². The predicted molar refractivity (Wildman–Crippen MR) is 33.0 cm³/mol. The first-order valence-electron chi connectivity index (χ1n) is 0.600. The molecule has 8 heavy (non-hydrogen) atoms. The molecule has 0 fully saturated rings. The molecule has 8 heteroatoms. The second-order valence-corrected chi connectivity index (χ2v) is 0.805. The molecule has 0 heterocycles. The SMILES string of the molecule is O.O.O.OP(O)O.[MgH2]. The van der Waals surface area contributed by atoms with Gasteiger partial charge in [-0.3, -0.25) is 0 Å². The Bertz CT molecular complexity index is 13.2. The monoisotopic (exact) mass is 162 g/mol. The van der Waals surface area contributed by atoms with Crippen LogP contribution in [-0.4, -0.2) is 54.2 Å². The molecule has 6 nitrogen and oxygen atoms in total. The molecule has 0 aromatic rings. The van der Waals surface area contributed by atoms with Crippen LogP contribution in [0.4, 0.5) is 0 Å². The van der Waals surface area contributed by atoms with Gasteiger partial charge >= 0.3 is 31.7 Å². The van der Waals surface area contributed by atoms with Gasteiger partial charge in [0, 0.05) is 0 Å². The Morgan fingerprint density at radius 2 is 0.750 bits per heavy atom. The minimum atomic E-state index is -2.62. The summed E-state index contributed by atoms with van der Waals surface area (Å²) < 4.78 is 0. The van der Waals surface area contributed by atoms with E-state index in [1.54, 1.807) is 0 Å². The van der Waals surface area contributed by atoms with Gasteiger partial charge in [0.05, 0.1) is 0 Å². The maximum atomic E-state index is 7.23. The highest BCUT2D eigenvalue weighted by Crippen LogP contribution is 2.11. The van der Waals surface area contributed by atoms with Gasteiger partial charge in [0.25, 0.3) is 0 Å². The Hall–Kier alpha value is 0.956. The molecule has 0 aliphatic rings. The highest BCUT2D eigenvalue weighted by Gasteiger charge is 1.76. The summed E-state index contributed by atoms with van der Waals surface area (Å²) in [6.07, 6.45) is 0. The second-order valence-electron chi connectivity index (χ2n) is 0.268. The van der Waals surface area contributed by atoms with E-state index < -0.39 is 8.60 Å². The van der Waals surface area contributed by atoms with Crippen LogP contribution in [0.1, 0.15) is 0 Å². The maximum Gasteiger partial charge on any atom is 0.324 e. The normalized spacial score (nSPS) is 4.50. The molecular formula is H11MgO6P. The summed E-state index contributed by atoms with van der Waals surface area (Å²) in [6, 6.07) is 0. The Kier molecular flexibility index (Phi) is 111. The van der Waals surface area contributed by atoms with Gasteiger partial charge < -0.3 is 31.1 Å². The van der Waals surface area contributed by atoms with Gasteiger partial charge in [-0.2, -0.15) is 0 Å². The van der Waals surface area contributed by atoms with Gasteiger partial charge in [-0.05, 0) is 0 Å². The third kappa shape index (κ3) is 270.